The number of fused-ring (bicyclic) bond motifs is 3. The van der Waals surface area contributed by atoms with Gasteiger partial charge in [0.15, 0.2) is 29.5 Å². The summed E-state index contributed by atoms with van der Waals surface area (Å²) >= 11 is 0. The zero-order valence-corrected chi connectivity index (χ0v) is 25.0. The maximum atomic E-state index is 13.1. The maximum absolute atomic E-state index is 13.1. The highest BCUT2D eigenvalue weighted by Crippen LogP contribution is 2.56. The van der Waals surface area contributed by atoms with Crippen LogP contribution in [0.3, 0.4) is 0 Å². The van der Waals surface area contributed by atoms with E-state index in [0.717, 1.165) is 32.6 Å². The van der Waals surface area contributed by atoms with Crippen molar-refractivity contribution < 1.29 is 53.4 Å². The lowest BCUT2D eigenvalue weighted by Crippen LogP contribution is -2.63. The van der Waals surface area contributed by atoms with Gasteiger partial charge in [-0.25, -0.2) is 9.59 Å². The minimum atomic E-state index is -2.55. The van der Waals surface area contributed by atoms with Crippen LogP contribution in [0, 0.1) is 5.92 Å². The second-order valence-electron chi connectivity index (χ2n) is 11.8. The van der Waals surface area contributed by atoms with E-state index in [-0.39, 0.29) is 17.6 Å². The lowest BCUT2D eigenvalue weighted by Gasteiger charge is -2.40. The first kappa shape index (κ1) is 32.8. The summed E-state index contributed by atoms with van der Waals surface area (Å²) in [7, 11) is 0. The van der Waals surface area contributed by atoms with Crippen molar-refractivity contribution in [1.82, 2.24) is 0 Å². The fourth-order valence-electron chi connectivity index (χ4n) is 6.38. The smallest absolute Gasteiger partial charge is 0.341 e. The van der Waals surface area contributed by atoms with Crippen molar-refractivity contribution in [2.75, 3.05) is 0 Å². The monoisotopic (exact) mass is 580 g/mol. The third kappa shape index (κ3) is 5.81. The Bertz CT molecular complexity index is 1120. The van der Waals surface area contributed by atoms with E-state index in [1.807, 2.05) is 0 Å². The highest BCUT2D eigenvalue weighted by Gasteiger charge is 2.74. The molecule has 2 fully saturated rings. The van der Waals surface area contributed by atoms with E-state index < -0.39 is 77.4 Å². The molecular weight excluding hydrogens is 536 g/mol. The van der Waals surface area contributed by atoms with E-state index >= 15 is 0 Å². The van der Waals surface area contributed by atoms with E-state index in [2.05, 4.69) is 6.92 Å². The van der Waals surface area contributed by atoms with Gasteiger partial charge >= 0.3 is 23.9 Å². The summed E-state index contributed by atoms with van der Waals surface area (Å²) in [4.78, 5) is 51.2. The molecule has 0 spiro atoms. The number of carbonyl (C=O) groups is 4. The molecule has 1 aliphatic heterocycles. The minimum Gasteiger partial charge on any atom is -0.459 e. The van der Waals surface area contributed by atoms with Crippen molar-refractivity contribution in [3.05, 3.63) is 22.8 Å². The molecule has 8 atom stereocenters. The highest BCUT2D eigenvalue weighted by molar-refractivity contribution is 5.88. The van der Waals surface area contributed by atoms with Gasteiger partial charge in [-0.1, -0.05) is 38.7 Å². The van der Waals surface area contributed by atoms with Gasteiger partial charge in [-0.15, -0.1) is 0 Å². The molecule has 230 valence electrons. The summed E-state index contributed by atoms with van der Waals surface area (Å²) in [5.74, 6) is -4.23. The van der Waals surface area contributed by atoms with E-state index in [1.165, 1.54) is 13.8 Å². The number of allylic oxidation sites excluding steroid dienone is 1. The van der Waals surface area contributed by atoms with E-state index in [4.69, 9.17) is 18.9 Å². The molecule has 11 heteroatoms. The number of aliphatic hydroxyl groups is 3. The van der Waals surface area contributed by atoms with Crippen LogP contribution in [0.15, 0.2) is 22.8 Å². The Kier molecular flexibility index (Phi) is 9.77. The molecule has 0 aromatic carbocycles. The van der Waals surface area contributed by atoms with Gasteiger partial charge in [0.1, 0.15) is 5.60 Å². The van der Waals surface area contributed by atoms with Crippen LogP contribution in [-0.4, -0.2) is 80.4 Å². The first-order valence-corrected chi connectivity index (χ1v) is 14.3. The standard InChI is InChI=1S/C30H44O11/c1-8-10-11-12-13-14-20(33)38-24-22-21(17(4)23(24)39-26(34)16(3)9-2)25-30(37,29(7,36)27(35)40-25)19(32)15-28(22,6)41-18(5)31/h9,19,22-25,32,36-37H,8,10-15H2,1-7H3/b16-9-/t19-,22+,23-,24-,25-,28-,29+,30+/m0/s1. The SMILES string of the molecule is C/C=C(/C)C(=O)O[C@H]1C(C)=C2[C@H]([C@@H]1OC(=O)CCCCCCC)[C@@](C)(OC(C)=O)C[C@H](O)[C@@]1(O)[C@H]2OC(=O)[C@@]1(C)O. The molecule has 0 unspecified atom stereocenters. The lowest BCUT2D eigenvalue weighted by atomic mass is 9.75. The Morgan fingerprint density at radius 3 is 2.29 bits per heavy atom. The van der Waals surface area contributed by atoms with Gasteiger partial charge in [0, 0.05) is 25.3 Å². The molecule has 11 nitrogen and oxygen atoms in total. The van der Waals surface area contributed by atoms with E-state index in [9.17, 15) is 34.5 Å². The van der Waals surface area contributed by atoms with Crippen LogP contribution in [0.4, 0.5) is 0 Å². The number of unbranched alkanes of at least 4 members (excludes halogenated alkanes) is 4. The minimum absolute atomic E-state index is 0.0971. The first-order chi connectivity index (χ1) is 19.1. The molecule has 0 amide bonds. The van der Waals surface area contributed by atoms with E-state index in [0.29, 0.717) is 12.0 Å². The third-order valence-electron chi connectivity index (χ3n) is 8.81. The molecule has 0 radical (unpaired) electrons. The predicted octanol–water partition coefficient (Wildman–Crippen LogP) is 2.58. The Morgan fingerprint density at radius 2 is 1.71 bits per heavy atom. The Hall–Kier alpha value is -2.76. The molecule has 41 heavy (non-hydrogen) atoms. The molecule has 0 aromatic rings. The van der Waals surface area contributed by atoms with E-state index in [1.54, 1.807) is 26.8 Å². The van der Waals surface area contributed by atoms with Crippen LogP contribution in [-0.2, 0) is 38.1 Å². The Balaban J connectivity index is 2.15. The molecular formula is C30H44O11. The molecule has 3 rings (SSSR count). The first-order valence-electron chi connectivity index (χ1n) is 14.3. The molecule has 3 N–H and O–H groups in total. The molecule has 1 heterocycles. The Labute approximate surface area is 240 Å². The van der Waals surface area contributed by atoms with Crippen LogP contribution >= 0.6 is 0 Å². The van der Waals surface area contributed by atoms with Gasteiger partial charge in [0.05, 0.1) is 12.0 Å². The lowest BCUT2D eigenvalue weighted by molar-refractivity contribution is -0.199. The number of hydrogen-bond acceptors (Lipinski definition) is 11. The number of ether oxygens (including phenoxy) is 4. The van der Waals surface area contributed by atoms with Crippen molar-refractivity contribution in [2.45, 2.75) is 135 Å². The fraction of sp³-hybridized carbons (Fsp3) is 0.733. The number of esters is 4. The average molecular weight is 581 g/mol. The van der Waals surface area contributed by atoms with Crippen molar-refractivity contribution in [3.63, 3.8) is 0 Å². The maximum Gasteiger partial charge on any atom is 0.341 e. The van der Waals surface area contributed by atoms with Gasteiger partial charge in [-0.05, 0) is 52.2 Å². The summed E-state index contributed by atoms with van der Waals surface area (Å²) < 4.78 is 23.1. The number of carbonyl (C=O) groups excluding carboxylic acids is 4. The zero-order chi connectivity index (χ0) is 30.9. The van der Waals surface area contributed by atoms with Gasteiger partial charge in [-0.3, -0.25) is 9.59 Å². The Morgan fingerprint density at radius 1 is 1.07 bits per heavy atom. The second-order valence-corrected chi connectivity index (χ2v) is 11.8. The van der Waals surface area contributed by atoms with Gasteiger partial charge in [0.25, 0.3) is 0 Å². The fourth-order valence-corrected chi connectivity index (χ4v) is 6.38. The summed E-state index contributed by atoms with van der Waals surface area (Å²) in [5.41, 5.74) is -5.99. The van der Waals surface area contributed by atoms with Crippen LogP contribution in [0.25, 0.3) is 0 Å². The number of rotatable bonds is 10. The van der Waals surface area contributed by atoms with Gasteiger partial charge in [-0.2, -0.15) is 0 Å². The van der Waals surface area contributed by atoms with Crippen LogP contribution in [0.2, 0.25) is 0 Å². The van der Waals surface area contributed by atoms with Crippen molar-refractivity contribution in [1.29, 1.82) is 0 Å². The number of hydrogen-bond donors (Lipinski definition) is 3. The summed E-state index contributed by atoms with van der Waals surface area (Å²) in [5, 5.41) is 34.1. The molecule has 0 aromatic heterocycles. The molecule has 3 aliphatic rings. The predicted molar refractivity (Wildman–Crippen MR) is 145 cm³/mol. The quantitative estimate of drug-likeness (QED) is 0.114. The largest absolute Gasteiger partial charge is 0.459 e. The van der Waals surface area contributed by atoms with Crippen molar-refractivity contribution in [3.8, 4) is 0 Å². The zero-order valence-electron chi connectivity index (χ0n) is 25.0. The van der Waals surface area contributed by atoms with Gasteiger partial charge < -0.3 is 34.3 Å². The van der Waals surface area contributed by atoms with Gasteiger partial charge in [0.2, 0.25) is 0 Å². The average Bonchev–Trinajstić information content (AvgIpc) is 3.22. The van der Waals surface area contributed by atoms with Crippen LogP contribution < -0.4 is 0 Å². The van der Waals surface area contributed by atoms with Crippen molar-refractivity contribution in [2.24, 2.45) is 5.92 Å². The summed E-state index contributed by atoms with van der Waals surface area (Å²) in [6.45, 7) is 10.6. The molecule has 2 aliphatic carbocycles. The molecule has 1 saturated heterocycles. The second kappa shape index (κ2) is 12.2. The van der Waals surface area contributed by atoms with Crippen molar-refractivity contribution >= 4 is 23.9 Å². The van der Waals surface area contributed by atoms with Crippen LogP contribution in [0.1, 0.15) is 93.4 Å². The molecule has 0 bridgehead atoms. The summed E-state index contributed by atoms with van der Waals surface area (Å²) in [6.07, 6.45) is -0.166. The normalized spacial score (nSPS) is 36.7. The summed E-state index contributed by atoms with van der Waals surface area (Å²) in [6, 6.07) is 0. The molecule has 1 saturated carbocycles. The topological polar surface area (TPSA) is 166 Å². The third-order valence-corrected chi connectivity index (χ3v) is 8.81. The highest BCUT2D eigenvalue weighted by atomic mass is 16.6. The van der Waals surface area contributed by atoms with Crippen LogP contribution in [0.5, 0.6) is 0 Å². The number of aliphatic hydroxyl groups excluding tert-OH is 1.